The number of likely N-dealkylation sites (tertiary alicyclic amines) is 1. The van der Waals surface area contributed by atoms with Gasteiger partial charge in [0.05, 0.1) is 0 Å². The lowest BCUT2D eigenvalue weighted by molar-refractivity contribution is 0.329. The van der Waals surface area contributed by atoms with Crippen LogP contribution in [0.4, 0.5) is 0 Å². The van der Waals surface area contributed by atoms with Crippen molar-refractivity contribution in [1.29, 1.82) is 0 Å². The normalized spacial score (nSPS) is 23.0. The zero-order valence-electron chi connectivity index (χ0n) is 13.6. The fourth-order valence-electron chi connectivity index (χ4n) is 3.18. The Hall–Kier alpha value is -1.55. The largest absolute Gasteiger partial charge is 0.370 e. The van der Waals surface area contributed by atoms with Crippen LogP contribution in [0.3, 0.4) is 0 Å². The van der Waals surface area contributed by atoms with Crippen molar-refractivity contribution in [2.75, 3.05) is 33.2 Å². The van der Waals surface area contributed by atoms with E-state index in [0.717, 1.165) is 32.0 Å². The third-order valence-corrected chi connectivity index (χ3v) is 4.90. The molecule has 1 saturated heterocycles. The molecule has 0 aromatic heterocycles. The molecule has 1 aromatic rings. The van der Waals surface area contributed by atoms with E-state index in [1.54, 1.807) is 0 Å². The van der Waals surface area contributed by atoms with Gasteiger partial charge in [-0.1, -0.05) is 30.3 Å². The molecule has 1 unspecified atom stereocenters. The van der Waals surface area contributed by atoms with Crippen molar-refractivity contribution in [3.8, 4) is 0 Å². The standard InChI is InChI=1S/C18H28N4/c1-21(17-7-8-17)18(19)20-13-16-10-12-22(14-16)11-9-15-5-3-2-4-6-15/h2-6,16-17H,7-14H2,1H3,(H2,19,20). The lowest BCUT2D eigenvalue weighted by atomic mass is 10.1. The van der Waals surface area contributed by atoms with Crippen LogP contribution in [-0.4, -0.2) is 55.0 Å². The van der Waals surface area contributed by atoms with Crippen LogP contribution < -0.4 is 5.73 Å². The van der Waals surface area contributed by atoms with Gasteiger partial charge in [-0.25, -0.2) is 0 Å². The first-order valence-electron chi connectivity index (χ1n) is 8.51. The van der Waals surface area contributed by atoms with Crippen LogP contribution in [0.2, 0.25) is 0 Å². The Kier molecular flexibility index (Phi) is 4.98. The minimum absolute atomic E-state index is 0.648. The van der Waals surface area contributed by atoms with E-state index < -0.39 is 0 Å². The highest BCUT2D eigenvalue weighted by Crippen LogP contribution is 2.25. The highest BCUT2D eigenvalue weighted by atomic mass is 15.3. The van der Waals surface area contributed by atoms with E-state index in [2.05, 4.69) is 52.2 Å². The van der Waals surface area contributed by atoms with Gasteiger partial charge >= 0.3 is 0 Å². The van der Waals surface area contributed by atoms with Gasteiger partial charge in [0.1, 0.15) is 0 Å². The average molecular weight is 300 g/mol. The van der Waals surface area contributed by atoms with Crippen molar-refractivity contribution in [1.82, 2.24) is 9.80 Å². The Morgan fingerprint density at radius 1 is 1.27 bits per heavy atom. The Morgan fingerprint density at radius 2 is 2.05 bits per heavy atom. The zero-order valence-corrected chi connectivity index (χ0v) is 13.6. The smallest absolute Gasteiger partial charge is 0.191 e. The number of benzene rings is 1. The second-order valence-corrected chi connectivity index (χ2v) is 6.73. The van der Waals surface area contributed by atoms with E-state index in [1.165, 1.54) is 31.4 Å². The van der Waals surface area contributed by atoms with Crippen LogP contribution in [0.15, 0.2) is 35.3 Å². The molecule has 3 rings (SSSR count). The Bertz CT molecular complexity index is 495. The molecule has 1 aliphatic carbocycles. The molecule has 22 heavy (non-hydrogen) atoms. The third kappa shape index (κ3) is 4.23. The van der Waals surface area contributed by atoms with Crippen LogP contribution in [0.5, 0.6) is 0 Å². The molecule has 2 fully saturated rings. The molecule has 1 aliphatic heterocycles. The van der Waals surface area contributed by atoms with Gasteiger partial charge in [0.15, 0.2) is 5.96 Å². The van der Waals surface area contributed by atoms with E-state index >= 15 is 0 Å². The molecule has 1 heterocycles. The maximum Gasteiger partial charge on any atom is 0.191 e. The molecule has 4 heteroatoms. The predicted octanol–water partition coefficient (Wildman–Crippen LogP) is 1.96. The number of aliphatic imine (C=N–C) groups is 1. The summed E-state index contributed by atoms with van der Waals surface area (Å²) in [5.74, 6) is 1.40. The van der Waals surface area contributed by atoms with Crippen LogP contribution in [0.25, 0.3) is 0 Å². The third-order valence-electron chi connectivity index (χ3n) is 4.90. The minimum atomic E-state index is 0.648. The quantitative estimate of drug-likeness (QED) is 0.645. The fourth-order valence-corrected chi connectivity index (χ4v) is 3.18. The molecule has 4 nitrogen and oxygen atoms in total. The summed E-state index contributed by atoms with van der Waals surface area (Å²) in [5, 5.41) is 0. The molecule has 2 aliphatic rings. The second kappa shape index (κ2) is 7.14. The first kappa shape index (κ1) is 15.3. The highest BCUT2D eigenvalue weighted by molar-refractivity contribution is 5.78. The molecule has 2 N–H and O–H groups in total. The van der Waals surface area contributed by atoms with E-state index in [9.17, 15) is 0 Å². The zero-order chi connectivity index (χ0) is 15.4. The topological polar surface area (TPSA) is 44.9 Å². The average Bonchev–Trinajstić information content (AvgIpc) is 3.30. The van der Waals surface area contributed by atoms with Gasteiger partial charge in [-0.3, -0.25) is 4.99 Å². The highest BCUT2D eigenvalue weighted by Gasteiger charge is 2.28. The van der Waals surface area contributed by atoms with Crippen molar-refractivity contribution >= 4 is 5.96 Å². The first-order valence-corrected chi connectivity index (χ1v) is 8.51. The Morgan fingerprint density at radius 3 is 2.77 bits per heavy atom. The summed E-state index contributed by atoms with van der Waals surface area (Å²) in [6, 6.07) is 11.4. The molecule has 1 atom stereocenters. The van der Waals surface area contributed by atoms with Crippen molar-refractivity contribution in [2.45, 2.75) is 31.7 Å². The van der Waals surface area contributed by atoms with Crippen LogP contribution in [0.1, 0.15) is 24.8 Å². The van der Waals surface area contributed by atoms with Gasteiger partial charge in [0, 0.05) is 32.7 Å². The van der Waals surface area contributed by atoms with E-state index in [4.69, 9.17) is 5.73 Å². The van der Waals surface area contributed by atoms with Crippen molar-refractivity contribution < 1.29 is 0 Å². The molecule has 120 valence electrons. The van der Waals surface area contributed by atoms with E-state index in [1.807, 2.05) is 0 Å². The second-order valence-electron chi connectivity index (χ2n) is 6.73. The monoisotopic (exact) mass is 300 g/mol. The van der Waals surface area contributed by atoms with Gasteiger partial charge in [0.25, 0.3) is 0 Å². The molecule has 1 aromatic carbocycles. The minimum Gasteiger partial charge on any atom is -0.370 e. The summed E-state index contributed by atoms with van der Waals surface area (Å²) in [6.07, 6.45) is 4.93. The molecule has 0 radical (unpaired) electrons. The summed E-state index contributed by atoms with van der Waals surface area (Å²) in [6.45, 7) is 4.40. The number of guanidine groups is 1. The van der Waals surface area contributed by atoms with E-state index in [0.29, 0.717) is 12.0 Å². The summed E-state index contributed by atoms with van der Waals surface area (Å²) >= 11 is 0. The number of nitrogens with zero attached hydrogens (tertiary/aromatic N) is 3. The fraction of sp³-hybridized carbons (Fsp3) is 0.611. The van der Waals surface area contributed by atoms with Crippen molar-refractivity contribution in [3.05, 3.63) is 35.9 Å². The summed E-state index contributed by atoms with van der Waals surface area (Å²) in [7, 11) is 2.07. The van der Waals surface area contributed by atoms with Gasteiger partial charge in [0.2, 0.25) is 0 Å². The summed E-state index contributed by atoms with van der Waals surface area (Å²) in [5.41, 5.74) is 7.50. The molecule has 0 amide bonds. The number of hydrogen-bond donors (Lipinski definition) is 1. The van der Waals surface area contributed by atoms with Crippen molar-refractivity contribution in [2.24, 2.45) is 16.6 Å². The number of nitrogens with two attached hydrogens (primary N) is 1. The Labute approximate surface area is 134 Å². The van der Waals surface area contributed by atoms with Gasteiger partial charge in [-0.15, -0.1) is 0 Å². The molecular weight excluding hydrogens is 272 g/mol. The molecule has 0 spiro atoms. The van der Waals surface area contributed by atoms with Gasteiger partial charge in [-0.05, 0) is 43.7 Å². The molecule has 0 bridgehead atoms. The van der Waals surface area contributed by atoms with E-state index in [-0.39, 0.29) is 0 Å². The lowest BCUT2D eigenvalue weighted by Crippen LogP contribution is -2.36. The van der Waals surface area contributed by atoms with Crippen LogP contribution >= 0.6 is 0 Å². The number of hydrogen-bond acceptors (Lipinski definition) is 2. The first-order chi connectivity index (χ1) is 10.7. The SMILES string of the molecule is CN(C(N)=NCC1CCN(CCc2ccccc2)C1)C1CC1. The number of rotatable bonds is 6. The van der Waals surface area contributed by atoms with Crippen molar-refractivity contribution in [3.63, 3.8) is 0 Å². The molecular formula is C18H28N4. The lowest BCUT2D eigenvalue weighted by Gasteiger charge is -2.18. The summed E-state index contributed by atoms with van der Waals surface area (Å²) < 4.78 is 0. The maximum absolute atomic E-state index is 6.07. The van der Waals surface area contributed by atoms with Gasteiger partial charge < -0.3 is 15.5 Å². The Balaban J connectivity index is 1.39. The molecule has 1 saturated carbocycles. The summed E-state index contributed by atoms with van der Waals surface area (Å²) in [4.78, 5) is 9.32. The van der Waals surface area contributed by atoms with Crippen LogP contribution in [-0.2, 0) is 6.42 Å². The van der Waals surface area contributed by atoms with Gasteiger partial charge in [-0.2, -0.15) is 0 Å². The van der Waals surface area contributed by atoms with Crippen LogP contribution in [0, 0.1) is 5.92 Å². The maximum atomic E-state index is 6.07. The predicted molar refractivity (Wildman–Crippen MR) is 92.0 cm³/mol.